The Morgan fingerprint density at radius 2 is 1.47 bits per heavy atom. The molecular weight excluding hydrogens is 406 g/mol. The fraction of sp³-hybridized carbons (Fsp3) is 0.333. The van der Waals surface area contributed by atoms with Crippen LogP contribution in [0.5, 0.6) is 5.75 Å². The first-order valence-electron chi connectivity index (χ1n) is 9.45. The highest BCUT2D eigenvalue weighted by atomic mass is 32.2. The van der Waals surface area contributed by atoms with Crippen molar-refractivity contribution in [3.63, 3.8) is 0 Å². The number of sulfonamides is 1. The van der Waals surface area contributed by atoms with Gasteiger partial charge in [-0.1, -0.05) is 13.8 Å². The number of hydrogen-bond acceptors (Lipinski definition) is 5. The largest absolute Gasteiger partial charge is 0.497 e. The second kappa shape index (κ2) is 10.2. The van der Waals surface area contributed by atoms with E-state index in [1.165, 1.54) is 26.2 Å². The molecule has 0 aliphatic heterocycles. The molecule has 2 amide bonds. The molecule has 162 valence electrons. The van der Waals surface area contributed by atoms with Crippen molar-refractivity contribution in [3.8, 4) is 5.75 Å². The molecule has 2 aromatic carbocycles. The van der Waals surface area contributed by atoms with Gasteiger partial charge in [-0.25, -0.2) is 8.42 Å². The molecule has 2 aromatic rings. The summed E-state index contributed by atoms with van der Waals surface area (Å²) < 4.78 is 33.1. The van der Waals surface area contributed by atoms with E-state index >= 15 is 0 Å². The second-order valence-electron chi connectivity index (χ2n) is 7.23. The van der Waals surface area contributed by atoms with Crippen LogP contribution in [-0.4, -0.2) is 33.4 Å². The van der Waals surface area contributed by atoms with E-state index in [2.05, 4.69) is 15.4 Å². The number of amides is 2. The van der Waals surface area contributed by atoms with Crippen molar-refractivity contribution in [1.29, 1.82) is 0 Å². The van der Waals surface area contributed by atoms with Gasteiger partial charge in [-0.3, -0.25) is 9.59 Å². The van der Waals surface area contributed by atoms with Gasteiger partial charge in [-0.05, 0) is 60.9 Å². The molecule has 30 heavy (non-hydrogen) atoms. The van der Waals surface area contributed by atoms with Crippen LogP contribution in [0.1, 0.15) is 27.2 Å². The third kappa shape index (κ3) is 6.85. The average Bonchev–Trinajstić information content (AvgIpc) is 2.68. The summed E-state index contributed by atoms with van der Waals surface area (Å²) in [5, 5.41) is 5.36. The summed E-state index contributed by atoms with van der Waals surface area (Å²) in [7, 11) is -2.41. The van der Waals surface area contributed by atoms with Crippen LogP contribution >= 0.6 is 0 Å². The molecule has 0 aliphatic rings. The SMILES string of the molecule is COc1ccc(S(=O)(=O)N[C@H](CC(C)C)C(=O)Nc2ccc(NC(C)=O)cc2)cc1. The summed E-state index contributed by atoms with van der Waals surface area (Å²) >= 11 is 0. The first-order valence-corrected chi connectivity index (χ1v) is 10.9. The zero-order valence-electron chi connectivity index (χ0n) is 17.4. The summed E-state index contributed by atoms with van der Waals surface area (Å²) in [4.78, 5) is 23.9. The van der Waals surface area contributed by atoms with Gasteiger partial charge in [0.15, 0.2) is 0 Å². The van der Waals surface area contributed by atoms with E-state index in [-0.39, 0.29) is 16.7 Å². The molecule has 0 radical (unpaired) electrons. The van der Waals surface area contributed by atoms with Crippen LogP contribution < -0.4 is 20.1 Å². The molecule has 0 aromatic heterocycles. The third-order valence-corrected chi connectivity index (χ3v) is 5.65. The number of nitrogens with one attached hydrogen (secondary N) is 3. The molecule has 0 saturated carbocycles. The van der Waals surface area contributed by atoms with E-state index in [0.717, 1.165) is 0 Å². The van der Waals surface area contributed by atoms with Gasteiger partial charge in [0.25, 0.3) is 0 Å². The maximum absolute atomic E-state index is 12.8. The highest BCUT2D eigenvalue weighted by molar-refractivity contribution is 7.89. The molecule has 8 nitrogen and oxygen atoms in total. The first-order chi connectivity index (χ1) is 14.1. The molecule has 3 N–H and O–H groups in total. The number of hydrogen-bond donors (Lipinski definition) is 3. The Balaban J connectivity index is 2.15. The Morgan fingerprint density at radius 3 is 1.93 bits per heavy atom. The summed E-state index contributed by atoms with van der Waals surface area (Å²) in [6.07, 6.45) is 0.325. The Kier molecular flexibility index (Phi) is 7.96. The Labute approximate surface area is 177 Å². The molecule has 0 bridgehead atoms. The molecular formula is C21H27N3O5S. The number of rotatable bonds is 9. The number of methoxy groups -OCH3 is 1. The van der Waals surface area contributed by atoms with Crippen molar-refractivity contribution in [3.05, 3.63) is 48.5 Å². The quantitative estimate of drug-likeness (QED) is 0.563. The normalized spacial score (nSPS) is 12.3. The van der Waals surface area contributed by atoms with E-state index < -0.39 is 22.0 Å². The van der Waals surface area contributed by atoms with Crippen LogP contribution in [0.15, 0.2) is 53.4 Å². The topological polar surface area (TPSA) is 114 Å². The maximum atomic E-state index is 12.8. The Bertz CT molecular complexity index is 971. The van der Waals surface area contributed by atoms with Crippen LogP contribution in [0.2, 0.25) is 0 Å². The lowest BCUT2D eigenvalue weighted by Crippen LogP contribution is -2.44. The predicted octanol–water partition coefficient (Wildman–Crippen LogP) is 2.99. The summed E-state index contributed by atoms with van der Waals surface area (Å²) in [6, 6.07) is 11.5. The van der Waals surface area contributed by atoms with Crippen LogP contribution in [0.3, 0.4) is 0 Å². The van der Waals surface area contributed by atoms with Crippen molar-refractivity contribution in [2.24, 2.45) is 5.92 Å². The van der Waals surface area contributed by atoms with Crippen molar-refractivity contribution in [2.45, 2.75) is 38.1 Å². The highest BCUT2D eigenvalue weighted by Gasteiger charge is 2.26. The van der Waals surface area contributed by atoms with Crippen molar-refractivity contribution in [1.82, 2.24) is 4.72 Å². The summed E-state index contributed by atoms with van der Waals surface area (Å²) in [5.41, 5.74) is 1.09. The van der Waals surface area contributed by atoms with Crippen molar-refractivity contribution < 1.29 is 22.7 Å². The van der Waals surface area contributed by atoms with Crippen LogP contribution in [-0.2, 0) is 19.6 Å². The first kappa shape index (κ1) is 23.4. The van der Waals surface area contributed by atoms with Gasteiger partial charge in [0.2, 0.25) is 21.8 Å². The molecule has 2 rings (SSSR count). The van der Waals surface area contributed by atoms with Crippen LogP contribution in [0, 0.1) is 5.92 Å². The van der Waals surface area contributed by atoms with Gasteiger partial charge < -0.3 is 15.4 Å². The number of ether oxygens (including phenoxy) is 1. The summed E-state index contributed by atoms with van der Waals surface area (Å²) in [6.45, 7) is 5.22. The van der Waals surface area contributed by atoms with Gasteiger partial charge in [-0.2, -0.15) is 4.72 Å². The van der Waals surface area contributed by atoms with E-state index in [9.17, 15) is 18.0 Å². The van der Waals surface area contributed by atoms with Gasteiger partial charge in [0, 0.05) is 18.3 Å². The molecule has 0 saturated heterocycles. The summed E-state index contributed by atoms with van der Waals surface area (Å²) in [5.74, 6) is -0.0422. The van der Waals surface area contributed by atoms with Crippen molar-refractivity contribution >= 4 is 33.2 Å². The predicted molar refractivity (Wildman–Crippen MR) is 116 cm³/mol. The molecule has 0 heterocycles. The smallest absolute Gasteiger partial charge is 0.242 e. The highest BCUT2D eigenvalue weighted by Crippen LogP contribution is 2.18. The lowest BCUT2D eigenvalue weighted by Gasteiger charge is -2.20. The molecule has 0 fully saturated rings. The molecule has 0 unspecified atom stereocenters. The molecule has 0 aliphatic carbocycles. The van der Waals surface area contributed by atoms with Crippen LogP contribution in [0.25, 0.3) is 0 Å². The van der Waals surface area contributed by atoms with Crippen LogP contribution in [0.4, 0.5) is 11.4 Å². The maximum Gasteiger partial charge on any atom is 0.242 e. The number of benzene rings is 2. The van der Waals surface area contributed by atoms with Gasteiger partial charge >= 0.3 is 0 Å². The van der Waals surface area contributed by atoms with Crippen molar-refractivity contribution in [2.75, 3.05) is 17.7 Å². The van der Waals surface area contributed by atoms with E-state index in [1.54, 1.807) is 36.4 Å². The fourth-order valence-electron chi connectivity index (χ4n) is 2.76. The second-order valence-corrected chi connectivity index (χ2v) is 8.94. The minimum atomic E-state index is -3.90. The number of carbonyl (C=O) groups excluding carboxylic acids is 2. The standard InChI is InChI=1S/C21H27N3O5S/c1-14(2)13-20(24-30(27,28)19-11-9-18(29-4)10-12-19)21(26)23-17-7-5-16(6-8-17)22-15(3)25/h5-12,14,20,24H,13H2,1-4H3,(H,22,25)(H,23,26)/t20-/m1/s1. The molecule has 9 heteroatoms. The Hall–Kier alpha value is -2.91. The monoisotopic (exact) mass is 433 g/mol. The van der Waals surface area contributed by atoms with Gasteiger partial charge in [0.1, 0.15) is 11.8 Å². The minimum Gasteiger partial charge on any atom is -0.497 e. The fourth-order valence-corrected chi connectivity index (χ4v) is 3.97. The Morgan fingerprint density at radius 1 is 0.933 bits per heavy atom. The zero-order chi connectivity index (χ0) is 22.3. The van der Waals surface area contributed by atoms with E-state index in [4.69, 9.17) is 4.74 Å². The zero-order valence-corrected chi connectivity index (χ0v) is 18.2. The molecule has 1 atom stereocenters. The minimum absolute atomic E-state index is 0.0458. The average molecular weight is 434 g/mol. The number of anilines is 2. The lowest BCUT2D eigenvalue weighted by molar-refractivity contribution is -0.118. The number of carbonyl (C=O) groups is 2. The van der Waals surface area contributed by atoms with Gasteiger partial charge in [0.05, 0.1) is 12.0 Å². The lowest BCUT2D eigenvalue weighted by atomic mass is 10.0. The van der Waals surface area contributed by atoms with Gasteiger partial charge in [-0.15, -0.1) is 0 Å². The third-order valence-electron chi connectivity index (χ3n) is 4.16. The van der Waals surface area contributed by atoms with E-state index in [0.29, 0.717) is 23.5 Å². The van der Waals surface area contributed by atoms with E-state index in [1.807, 2.05) is 13.8 Å². The molecule has 0 spiro atoms.